The SMILES string of the molecule is COC(=O)C(C)CN(C)C(=O)c1ccc(CN)o1. The Bertz CT molecular complexity index is 427. The van der Waals surface area contributed by atoms with E-state index in [4.69, 9.17) is 10.2 Å². The van der Waals surface area contributed by atoms with Crippen LogP contribution in [0, 0.1) is 5.92 Å². The fourth-order valence-corrected chi connectivity index (χ4v) is 1.56. The minimum atomic E-state index is -0.382. The molecule has 2 N–H and O–H groups in total. The third-order valence-corrected chi connectivity index (χ3v) is 2.57. The smallest absolute Gasteiger partial charge is 0.310 e. The number of hydrogen-bond acceptors (Lipinski definition) is 5. The highest BCUT2D eigenvalue weighted by Gasteiger charge is 2.21. The maximum atomic E-state index is 12.0. The van der Waals surface area contributed by atoms with E-state index in [0.29, 0.717) is 5.76 Å². The fraction of sp³-hybridized carbons (Fsp3) is 0.500. The van der Waals surface area contributed by atoms with E-state index in [-0.39, 0.29) is 36.6 Å². The zero-order valence-corrected chi connectivity index (χ0v) is 10.8. The Morgan fingerprint density at radius 2 is 2.17 bits per heavy atom. The number of methoxy groups -OCH3 is 1. The summed E-state index contributed by atoms with van der Waals surface area (Å²) >= 11 is 0. The molecule has 1 heterocycles. The van der Waals surface area contributed by atoms with E-state index >= 15 is 0 Å². The van der Waals surface area contributed by atoms with Gasteiger partial charge in [0, 0.05) is 13.6 Å². The van der Waals surface area contributed by atoms with E-state index < -0.39 is 0 Å². The van der Waals surface area contributed by atoms with Crippen molar-refractivity contribution in [2.24, 2.45) is 11.7 Å². The van der Waals surface area contributed by atoms with Gasteiger partial charge in [-0.15, -0.1) is 0 Å². The number of nitrogens with zero attached hydrogens (tertiary/aromatic N) is 1. The molecule has 0 aliphatic rings. The minimum Gasteiger partial charge on any atom is -0.469 e. The summed E-state index contributed by atoms with van der Waals surface area (Å²) in [6.07, 6.45) is 0. The van der Waals surface area contributed by atoms with E-state index in [1.54, 1.807) is 26.1 Å². The molecule has 0 aromatic carbocycles. The fourth-order valence-electron chi connectivity index (χ4n) is 1.56. The maximum absolute atomic E-state index is 12.0. The topological polar surface area (TPSA) is 85.8 Å². The van der Waals surface area contributed by atoms with Gasteiger partial charge in [0.25, 0.3) is 5.91 Å². The lowest BCUT2D eigenvalue weighted by Gasteiger charge is -2.19. The summed E-state index contributed by atoms with van der Waals surface area (Å²) in [4.78, 5) is 24.6. The zero-order chi connectivity index (χ0) is 13.7. The molecule has 0 aliphatic heterocycles. The van der Waals surface area contributed by atoms with Crippen LogP contribution < -0.4 is 5.73 Å². The summed E-state index contributed by atoms with van der Waals surface area (Å²) in [6.45, 7) is 2.21. The first-order valence-corrected chi connectivity index (χ1v) is 5.61. The molecule has 6 heteroatoms. The second-order valence-electron chi connectivity index (χ2n) is 4.08. The number of amides is 1. The predicted molar refractivity (Wildman–Crippen MR) is 64.7 cm³/mol. The van der Waals surface area contributed by atoms with Gasteiger partial charge in [-0.05, 0) is 12.1 Å². The lowest BCUT2D eigenvalue weighted by Crippen LogP contribution is -2.34. The van der Waals surface area contributed by atoms with Crippen molar-refractivity contribution >= 4 is 11.9 Å². The van der Waals surface area contributed by atoms with Crippen LogP contribution in [0.2, 0.25) is 0 Å². The highest BCUT2D eigenvalue weighted by molar-refractivity contribution is 5.91. The normalized spacial score (nSPS) is 12.0. The summed E-state index contributed by atoms with van der Waals surface area (Å²) in [6, 6.07) is 3.23. The van der Waals surface area contributed by atoms with Gasteiger partial charge in [0.15, 0.2) is 5.76 Å². The summed E-state index contributed by atoms with van der Waals surface area (Å²) < 4.78 is 9.85. The number of carbonyl (C=O) groups is 2. The predicted octanol–water partition coefficient (Wildman–Crippen LogP) is 0.619. The lowest BCUT2D eigenvalue weighted by atomic mass is 10.1. The van der Waals surface area contributed by atoms with Crippen LogP contribution in [0.4, 0.5) is 0 Å². The molecular formula is C12H18N2O4. The van der Waals surface area contributed by atoms with Crippen LogP contribution in [0.5, 0.6) is 0 Å². The molecule has 18 heavy (non-hydrogen) atoms. The molecule has 1 atom stereocenters. The van der Waals surface area contributed by atoms with Crippen molar-refractivity contribution in [1.29, 1.82) is 0 Å². The Kier molecular flexibility index (Phi) is 4.91. The molecule has 100 valence electrons. The average Bonchev–Trinajstić information content (AvgIpc) is 2.85. The standard InChI is InChI=1S/C12H18N2O4/c1-8(12(16)17-3)7-14(2)11(15)10-5-4-9(6-13)18-10/h4-5,8H,6-7,13H2,1-3H3. The van der Waals surface area contributed by atoms with Crippen LogP contribution in [0.3, 0.4) is 0 Å². The highest BCUT2D eigenvalue weighted by Crippen LogP contribution is 2.11. The Balaban J connectivity index is 2.63. The van der Waals surface area contributed by atoms with Gasteiger partial charge in [0.1, 0.15) is 5.76 Å². The lowest BCUT2D eigenvalue weighted by molar-refractivity contribution is -0.145. The Morgan fingerprint density at radius 1 is 1.50 bits per heavy atom. The molecule has 0 spiro atoms. The Hall–Kier alpha value is -1.82. The van der Waals surface area contributed by atoms with E-state index in [2.05, 4.69) is 4.74 Å². The quantitative estimate of drug-likeness (QED) is 0.778. The second kappa shape index (κ2) is 6.20. The molecule has 0 saturated heterocycles. The van der Waals surface area contributed by atoms with Gasteiger partial charge in [-0.2, -0.15) is 0 Å². The van der Waals surface area contributed by atoms with Gasteiger partial charge < -0.3 is 19.8 Å². The molecule has 0 saturated carbocycles. The van der Waals surface area contributed by atoms with Crippen molar-refractivity contribution in [3.8, 4) is 0 Å². The number of furan rings is 1. The minimum absolute atomic E-state index is 0.218. The number of carbonyl (C=O) groups excluding carboxylic acids is 2. The third kappa shape index (κ3) is 3.33. The molecule has 1 aromatic rings. The average molecular weight is 254 g/mol. The van der Waals surface area contributed by atoms with Crippen LogP contribution in [0.25, 0.3) is 0 Å². The molecule has 0 bridgehead atoms. The first-order chi connectivity index (χ1) is 8.49. The van der Waals surface area contributed by atoms with E-state index in [1.165, 1.54) is 12.0 Å². The first-order valence-electron chi connectivity index (χ1n) is 5.61. The van der Waals surface area contributed by atoms with Crippen molar-refractivity contribution in [1.82, 2.24) is 4.90 Å². The van der Waals surface area contributed by atoms with Gasteiger partial charge >= 0.3 is 5.97 Å². The third-order valence-electron chi connectivity index (χ3n) is 2.57. The highest BCUT2D eigenvalue weighted by atomic mass is 16.5. The van der Waals surface area contributed by atoms with Crippen LogP contribution in [0.15, 0.2) is 16.5 Å². The van der Waals surface area contributed by atoms with Crippen molar-refractivity contribution < 1.29 is 18.7 Å². The van der Waals surface area contributed by atoms with E-state index in [9.17, 15) is 9.59 Å². The summed E-state index contributed by atoms with van der Waals surface area (Å²) in [5.74, 6) is -0.252. The maximum Gasteiger partial charge on any atom is 0.310 e. The number of ether oxygens (including phenoxy) is 1. The Morgan fingerprint density at radius 3 is 2.67 bits per heavy atom. The van der Waals surface area contributed by atoms with Gasteiger partial charge in [0.05, 0.1) is 19.6 Å². The Labute approximate surface area is 106 Å². The summed E-state index contributed by atoms with van der Waals surface area (Å²) in [7, 11) is 2.92. The molecule has 0 radical (unpaired) electrons. The van der Waals surface area contributed by atoms with Gasteiger partial charge in [-0.25, -0.2) is 0 Å². The van der Waals surface area contributed by atoms with Crippen LogP contribution in [-0.2, 0) is 16.1 Å². The molecule has 1 rings (SSSR count). The first kappa shape index (κ1) is 14.2. The van der Waals surface area contributed by atoms with Gasteiger partial charge in [-0.1, -0.05) is 6.92 Å². The monoisotopic (exact) mass is 254 g/mol. The molecule has 0 fully saturated rings. The second-order valence-corrected chi connectivity index (χ2v) is 4.08. The molecule has 1 amide bonds. The number of esters is 1. The van der Waals surface area contributed by atoms with Crippen LogP contribution >= 0.6 is 0 Å². The molecule has 6 nitrogen and oxygen atoms in total. The largest absolute Gasteiger partial charge is 0.469 e. The van der Waals surface area contributed by atoms with E-state index in [1.807, 2.05) is 0 Å². The van der Waals surface area contributed by atoms with Gasteiger partial charge in [0.2, 0.25) is 0 Å². The molecule has 1 aromatic heterocycles. The zero-order valence-electron chi connectivity index (χ0n) is 10.8. The number of nitrogens with two attached hydrogens (primary N) is 1. The molecule has 0 aliphatic carbocycles. The van der Waals surface area contributed by atoms with E-state index in [0.717, 1.165) is 0 Å². The van der Waals surface area contributed by atoms with Crippen molar-refractivity contribution in [3.63, 3.8) is 0 Å². The number of rotatable bonds is 5. The van der Waals surface area contributed by atoms with Crippen LogP contribution in [-0.4, -0.2) is 37.5 Å². The van der Waals surface area contributed by atoms with Crippen molar-refractivity contribution in [2.45, 2.75) is 13.5 Å². The van der Waals surface area contributed by atoms with Crippen molar-refractivity contribution in [3.05, 3.63) is 23.7 Å². The molecular weight excluding hydrogens is 236 g/mol. The summed E-state index contributed by atoms with van der Waals surface area (Å²) in [5.41, 5.74) is 5.40. The molecule has 1 unspecified atom stereocenters. The van der Waals surface area contributed by atoms with Crippen molar-refractivity contribution in [2.75, 3.05) is 20.7 Å². The number of hydrogen-bond donors (Lipinski definition) is 1. The summed E-state index contributed by atoms with van der Waals surface area (Å²) in [5, 5.41) is 0. The van der Waals surface area contributed by atoms with Crippen LogP contribution in [0.1, 0.15) is 23.2 Å². The van der Waals surface area contributed by atoms with Gasteiger partial charge in [-0.3, -0.25) is 9.59 Å².